The summed E-state index contributed by atoms with van der Waals surface area (Å²) in [5.74, 6) is 0. The lowest BCUT2D eigenvalue weighted by Crippen LogP contribution is -2.48. The van der Waals surface area contributed by atoms with Crippen molar-refractivity contribution < 1.29 is 0 Å². The Morgan fingerprint density at radius 3 is 2.71 bits per heavy atom. The van der Waals surface area contributed by atoms with Crippen LogP contribution in [0.15, 0.2) is 35.3 Å². The molecule has 0 unspecified atom stereocenters. The Labute approximate surface area is 108 Å². The molecule has 2 nitrogen and oxygen atoms in total. The van der Waals surface area contributed by atoms with Crippen LogP contribution in [0.5, 0.6) is 0 Å². The van der Waals surface area contributed by atoms with Crippen molar-refractivity contribution in [3.05, 3.63) is 35.9 Å². The van der Waals surface area contributed by atoms with E-state index in [0.29, 0.717) is 5.25 Å². The van der Waals surface area contributed by atoms with Crippen LogP contribution in [-0.4, -0.2) is 16.0 Å². The van der Waals surface area contributed by atoms with Gasteiger partial charge in [-0.05, 0) is 25.8 Å². The first kappa shape index (κ1) is 12.5. The fraction of sp³-hybridized carbons (Fsp3) is 0.500. The molecule has 1 aromatic carbocycles. The summed E-state index contributed by atoms with van der Waals surface area (Å²) in [5, 5.41) is 5.23. The van der Waals surface area contributed by atoms with Crippen molar-refractivity contribution in [1.29, 1.82) is 0 Å². The number of benzene rings is 1. The predicted molar refractivity (Wildman–Crippen MR) is 76.5 cm³/mol. The van der Waals surface area contributed by atoms with E-state index in [1.165, 1.54) is 12.0 Å². The molecule has 1 saturated heterocycles. The molecular weight excluding hydrogens is 228 g/mol. The van der Waals surface area contributed by atoms with Gasteiger partial charge in [-0.1, -0.05) is 49.0 Å². The Hall–Kier alpha value is -0.960. The van der Waals surface area contributed by atoms with Crippen LogP contribution in [-0.2, 0) is 6.54 Å². The summed E-state index contributed by atoms with van der Waals surface area (Å²) >= 11 is 1.85. The van der Waals surface area contributed by atoms with Gasteiger partial charge >= 0.3 is 0 Å². The van der Waals surface area contributed by atoms with Crippen molar-refractivity contribution in [2.24, 2.45) is 4.99 Å². The zero-order valence-electron chi connectivity index (χ0n) is 10.7. The van der Waals surface area contributed by atoms with Crippen LogP contribution >= 0.6 is 11.8 Å². The van der Waals surface area contributed by atoms with E-state index in [2.05, 4.69) is 55.3 Å². The molecular formula is C14H20N2S. The number of amidine groups is 1. The maximum absolute atomic E-state index is 4.67. The van der Waals surface area contributed by atoms with Crippen LogP contribution in [0.1, 0.15) is 32.8 Å². The van der Waals surface area contributed by atoms with E-state index in [0.717, 1.165) is 11.7 Å². The van der Waals surface area contributed by atoms with E-state index < -0.39 is 0 Å². The standard InChI is InChI=1S/C14H20N2S/c1-11-9-14(2,3)16-13(17-11)15-10-12-7-5-4-6-8-12/h4-8,11H,9-10H2,1-3H3,(H,15,16)/t11-/m1/s1. The molecule has 1 atom stereocenters. The molecule has 1 fully saturated rings. The highest BCUT2D eigenvalue weighted by atomic mass is 32.2. The topological polar surface area (TPSA) is 24.4 Å². The maximum Gasteiger partial charge on any atom is 0.157 e. The van der Waals surface area contributed by atoms with Gasteiger partial charge in [-0.3, -0.25) is 4.99 Å². The summed E-state index contributed by atoms with van der Waals surface area (Å²) < 4.78 is 0. The van der Waals surface area contributed by atoms with Crippen LogP contribution in [0.4, 0.5) is 0 Å². The third-order valence-corrected chi connectivity index (χ3v) is 3.83. The molecule has 0 bridgehead atoms. The van der Waals surface area contributed by atoms with Crippen molar-refractivity contribution in [2.75, 3.05) is 0 Å². The van der Waals surface area contributed by atoms with Crippen molar-refractivity contribution in [1.82, 2.24) is 5.32 Å². The van der Waals surface area contributed by atoms with Gasteiger partial charge in [0, 0.05) is 10.8 Å². The van der Waals surface area contributed by atoms with Gasteiger partial charge in [0.1, 0.15) is 0 Å². The van der Waals surface area contributed by atoms with E-state index >= 15 is 0 Å². The summed E-state index contributed by atoms with van der Waals surface area (Å²) in [6.07, 6.45) is 1.18. The Kier molecular flexibility index (Phi) is 3.77. The molecule has 0 aromatic heterocycles. The lowest BCUT2D eigenvalue weighted by atomic mass is 9.99. The molecule has 0 spiro atoms. The predicted octanol–water partition coefficient (Wildman–Crippen LogP) is 3.44. The van der Waals surface area contributed by atoms with E-state index in [1.54, 1.807) is 0 Å². The summed E-state index contributed by atoms with van der Waals surface area (Å²) in [6.45, 7) is 7.51. The minimum atomic E-state index is 0.167. The first-order valence-corrected chi connectivity index (χ1v) is 6.96. The monoisotopic (exact) mass is 248 g/mol. The molecule has 0 amide bonds. The number of thioether (sulfide) groups is 1. The second-order valence-electron chi connectivity index (χ2n) is 5.25. The average Bonchev–Trinajstić information content (AvgIpc) is 2.25. The van der Waals surface area contributed by atoms with E-state index in [1.807, 2.05) is 17.8 Å². The summed E-state index contributed by atoms with van der Waals surface area (Å²) in [6, 6.07) is 10.4. The summed E-state index contributed by atoms with van der Waals surface area (Å²) in [4.78, 5) is 4.67. The Morgan fingerprint density at radius 1 is 1.35 bits per heavy atom. The molecule has 3 heteroatoms. The minimum Gasteiger partial charge on any atom is -0.360 e. The molecule has 1 heterocycles. The molecule has 2 rings (SSSR count). The van der Waals surface area contributed by atoms with Gasteiger partial charge < -0.3 is 5.32 Å². The van der Waals surface area contributed by atoms with E-state index in [9.17, 15) is 0 Å². The van der Waals surface area contributed by atoms with Crippen molar-refractivity contribution in [2.45, 2.75) is 44.5 Å². The molecule has 1 aliphatic rings. The molecule has 92 valence electrons. The minimum absolute atomic E-state index is 0.167. The third kappa shape index (κ3) is 3.77. The van der Waals surface area contributed by atoms with Crippen LogP contribution in [0.25, 0.3) is 0 Å². The number of nitrogens with one attached hydrogen (secondary N) is 1. The lowest BCUT2D eigenvalue weighted by molar-refractivity contribution is 0.421. The van der Waals surface area contributed by atoms with Gasteiger partial charge in [0.25, 0.3) is 0 Å². The lowest BCUT2D eigenvalue weighted by Gasteiger charge is -2.36. The second kappa shape index (κ2) is 5.13. The Balaban J connectivity index is 2.02. The van der Waals surface area contributed by atoms with Gasteiger partial charge in [0.2, 0.25) is 0 Å². The van der Waals surface area contributed by atoms with Gasteiger partial charge in [0.05, 0.1) is 6.54 Å². The second-order valence-corrected chi connectivity index (χ2v) is 6.68. The molecule has 0 radical (unpaired) electrons. The van der Waals surface area contributed by atoms with Crippen LogP contribution in [0.3, 0.4) is 0 Å². The highest BCUT2D eigenvalue weighted by Gasteiger charge is 2.28. The van der Waals surface area contributed by atoms with Gasteiger partial charge in [-0.25, -0.2) is 0 Å². The SMILES string of the molecule is C[C@@H]1CC(C)(C)NC(=NCc2ccccc2)S1. The highest BCUT2D eigenvalue weighted by Crippen LogP contribution is 2.28. The van der Waals surface area contributed by atoms with Crippen LogP contribution in [0.2, 0.25) is 0 Å². The van der Waals surface area contributed by atoms with E-state index in [4.69, 9.17) is 0 Å². The molecule has 1 aromatic rings. The van der Waals surface area contributed by atoms with Crippen LogP contribution in [0, 0.1) is 0 Å². The molecule has 17 heavy (non-hydrogen) atoms. The normalized spacial score (nSPS) is 25.6. The van der Waals surface area contributed by atoms with Gasteiger partial charge in [0.15, 0.2) is 5.17 Å². The zero-order valence-corrected chi connectivity index (χ0v) is 11.6. The van der Waals surface area contributed by atoms with Crippen molar-refractivity contribution in [3.63, 3.8) is 0 Å². The van der Waals surface area contributed by atoms with Gasteiger partial charge in [-0.2, -0.15) is 0 Å². The first-order valence-electron chi connectivity index (χ1n) is 6.08. The van der Waals surface area contributed by atoms with Crippen molar-refractivity contribution in [3.8, 4) is 0 Å². The molecule has 1 N–H and O–H groups in total. The Bertz CT molecular complexity index is 398. The Morgan fingerprint density at radius 2 is 2.06 bits per heavy atom. The van der Waals surface area contributed by atoms with Gasteiger partial charge in [-0.15, -0.1) is 0 Å². The third-order valence-electron chi connectivity index (χ3n) is 2.80. The molecule has 1 aliphatic heterocycles. The number of nitrogens with zero attached hydrogens (tertiary/aromatic N) is 1. The number of rotatable bonds is 2. The maximum atomic E-state index is 4.67. The largest absolute Gasteiger partial charge is 0.360 e. The first-order chi connectivity index (χ1) is 8.05. The fourth-order valence-corrected chi connectivity index (χ4v) is 3.50. The molecule has 0 saturated carbocycles. The zero-order chi connectivity index (χ0) is 12.3. The van der Waals surface area contributed by atoms with E-state index in [-0.39, 0.29) is 5.54 Å². The number of hydrogen-bond acceptors (Lipinski definition) is 2. The van der Waals surface area contributed by atoms with Crippen LogP contribution < -0.4 is 5.32 Å². The summed E-state index contributed by atoms with van der Waals surface area (Å²) in [7, 11) is 0. The quantitative estimate of drug-likeness (QED) is 0.867. The smallest absolute Gasteiger partial charge is 0.157 e. The molecule has 0 aliphatic carbocycles. The average molecular weight is 248 g/mol. The summed E-state index contributed by atoms with van der Waals surface area (Å²) in [5.41, 5.74) is 1.43. The number of aliphatic imine (C=N–C) groups is 1. The van der Waals surface area contributed by atoms with Crippen molar-refractivity contribution >= 4 is 16.9 Å². The number of hydrogen-bond donors (Lipinski definition) is 1. The highest BCUT2D eigenvalue weighted by molar-refractivity contribution is 8.14. The fourth-order valence-electron chi connectivity index (χ4n) is 2.14.